The van der Waals surface area contributed by atoms with E-state index in [4.69, 9.17) is 4.74 Å². The van der Waals surface area contributed by atoms with Crippen LogP contribution in [0.2, 0.25) is 0 Å². The minimum Gasteiger partial charge on any atom is -0.504 e. The monoisotopic (exact) mass is 306 g/mol. The van der Waals surface area contributed by atoms with Gasteiger partial charge in [-0.25, -0.2) is 0 Å². The van der Waals surface area contributed by atoms with Gasteiger partial charge in [-0.1, -0.05) is 6.07 Å². The highest BCUT2D eigenvalue weighted by Crippen LogP contribution is 2.49. The van der Waals surface area contributed by atoms with Crippen molar-refractivity contribution in [3.05, 3.63) is 41.5 Å². The molecule has 0 saturated heterocycles. The first-order valence-electron chi connectivity index (χ1n) is 6.49. The van der Waals surface area contributed by atoms with Gasteiger partial charge in [-0.05, 0) is 29.8 Å². The van der Waals surface area contributed by atoms with Gasteiger partial charge in [-0.3, -0.25) is 0 Å². The highest BCUT2D eigenvalue weighted by atomic mass is 16.5. The Morgan fingerprint density at radius 3 is 2.18 bits per heavy atom. The van der Waals surface area contributed by atoms with Crippen molar-refractivity contribution in [1.29, 1.82) is 0 Å². The molecule has 0 radical (unpaired) electrons. The third-order valence-corrected chi connectivity index (χ3v) is 3.67. The Balaban J connectivity index is 2.07. The van der Waals surface area contributed by atoms with Crippen molar-refractivity contribution in [3.8, 4) is 28.7 Å². The number of fused-ring (bicyclic) bond motifs is 1. The number of hydrogen-bond donors (Lipinski definition) is 6. The molecule has 0 bridgehead atoms. The molecule has 1 aliphatic heterocycles. The van der Waals surface area contributed by atoms with Gasteiger partial charge in [0.15, 0.2) is 29.1 Å². The summed E-state index contributed by atoms with van der Waals surface area (Å²) in [4.78, 5) is 0. The molecule has 2 aromatic rings. The first-order chi connectivity index (χ1) is 10.4. The maximum Gasteiger partial charge on any atom is 0.200 e. The largest absolute Gasteiger partial charge is 0.504 e. The third kappa shape index (κ3) is 2.07. The number of rotatable bonds is 1. The maximum absolute atomic E-state index is 10.2. The second kappa shape index (κ2) is 4.97. The summed E-state index contributed by atoms with van der Waals surface area (Å²) in [5.74, 6) is -1.86. The Labute approximate surface area is 124 Å². The minimum atomic E-state index is -1.36. The van der Waals surface area contributed by atoms with Gasteiger partial charge in [-0.2, -0.15) is 0 Å². The Morgan fingerprint density at radius 1 is 0.818 bits per heavy atom. The van der Waals surface area contributed by atoms with Gasteiger partial charge in [0.2, 0.25) is 5.75 Å². The predicted octanol–water partition coefficient (Wildman–Crippen LogP) is 1.04. The molecule has 3 rings (SSSR count). The van der Waals surface area contributed by atoms with Gasteiger partial charge in [0.25, 0.3) is 0 Å². The SMILES string of the molecule is Oc1ccc([C@H]2Oc3c(ccc(O)c3O)[C@@H](O)[C@H]2O)cc1O. The lowest BCUT2D eigenvalue weighted by molar-refractivity contribution is -0.0710. The molecule has 7 heteroatoms. The Morgan fingerprint density at radius 2 is 1.50 bits per heavy atom. The summed E-state index contributed by atoms with van der Waals surface area (Å²) < 4.78 is 5.49. The zero-order chi connectivity index (χ0) is 16.0. The van der Waals surface area contributed by atoms with Crippen molar-refractivity contribution in [2.75, 3.05) is 0 Å². The molecule has 0 spiro atoms. The Bertz CT molecular complexity index is 728. The number of benzene rings is 2. The van der Waals surface area contributed by atoms with E-state index in [1.807, 2.05) is 0 Å². The molecule has 1 heterocycles. The molecule has 0 aromatic heterocycles. The third-order valence-electron chi connectivity index (χ3n) is 3.67. The fourth-order valence-electron chi connectivity index (χ4n) is 2.46. The summed E-state index contributed by atoms with van der Waals surface area (Å²) >= 11 is 0. The molecule has 0 aliphatic carbocycles. The zero-order valence-corrected chi connectivity index (χ0v) is 11.2. The van der Waals surface area contributed by atoms with E-state index >= 15 is 0 Å². The fraction of sp³-hybridized carbons (Fsp3) is 0.200. The van der Waals surface area contributed by atoms with E-state index in [1.54, 1.807) is 0 Å². The number of phenolic OH excluding ortho intramolecular Hbond substituents is 4. The Hall–Kier alpha value is -2.64. The van der Waals surface area contributed by atoms with Crippen molar-refractivity contribution < 1.29 is 35.4 Å². The summed E-state index contributed by atoms with van der Waals surface area (Å²) in [5.41, 5.74) is 0.428. The second-order valence-corrected chi connectivity index (χ2v) is 5.07. The predicted molar refractivity (Wildman–Crippen MR) is 73.9 cm³/mol. The van der Waals surface area contributed by atoms with Crippen LogP contribution in [0, 0.1) is 0 Å². The number of hydrogen-bond acceptors (Lipinski definition) is 7. The highest BCUT2D eigenvalue weighted by molar-refractivity contribution is 5.56. The molecule has 2 aromatic carbocycles. The summed E-state index contributed by atoms with van der Waals surface area (Å²) in [6.07, 6.45) is -3.81. The number of aliphatic hydroxyl groups is 2. The lowest BCUT2D eigenvalue weighted by Crippen LogP contribution is -2.34. The van der Waals surface area contributed by atoms with Crippen LogP contribution in [-0.4, -0.2) is 36.7 Å². The molecule has 0 saturated carbocycles. The van der Waals surface area contributed by atoms with Crippen molar-refractivity contribution in [2.45, 2.75) is 18.3 Å². The van der Waals surface area contributed by atoms with E-state index in [2.05, 4.69) is 0 Å². The van der Waals surface area contributed by atoms with Gasteiger partial charge < -0.3 is 35.4 Å². The van der Waals surface area contributed by atoms with Gasteiger partial charge >= 0.3 is 0 Å². The van der Waals surface area contributed by atoms with Crippen LogP contribution < -0.4 is 4.74 Å². The van der Waals surface area contributed by atoms with Gasteiger partial charge in [0, 0.05) is 5.56 Å². The molecule has 7 nitrogen and oxygen atoms in total. The summed E-state index contributed by atoms with van der Waals surface area (Å²) in [6, 6.07) is 6.31. The van der Waals surface area contributed by atoms with Crippen LogP contribution in [0.5, 0.6) is 28.7 Å². The molecule has 0 unspecified atom stereocenters. The van der Waals surface area contributed by atoms with Crippen LogP contribution in [0.1, 0.15) is 23.3 Å². The molecule has 0 fully saturated rings. The molecule has 6 N–H and O–H groups in total. The average Bonchev–Trinajstić information content (AvgIpc) is 2.49. The minimum absolute atomic E-state index is 0.141. The van der Waals surface area contributed by atoms with Crippen molar-refractivity contribution >= 4 is 0 Å². The number of ether oxygens (including phenoxy) is 1. The highest BCUT2D eigenvalue weighted by Gasteiger charge is 2.39. The van der Waals surface area contributed by atoms with Gasteiger partial charge in [-0.15, -0.1) is 0 Å². The first-order valence-corrected chi connectivity index (χ1v) is 6.49. The lowest BCUT2D eigenvalue weighted by Gasteiger charge is -2.34. The lowest BCUT2D eigenvalue weighted by atomic mass is 9.91. The average molecular weight is 306 g/mol. The Kier molecular flexibility index (Phi) is 3.23. The van der Waals surface area contributed by atoms with Crippen molar-refractivity contribution in [2.24, 2.45) is 0 Å². The standard InChI is InChI=1S/C15H14O7/c16-8-3-1-6(5-10(8)18)14-13(21)11(19)7-2-4-9(17)12(20)15(7)22-14/h1-5,11,13-14,16-21H/t11-,13-,14-/m1/s1. The number of aromatic hydroxyl groups is 4. The normalized spacial score (nSPS) is 23.6. The van der Waals surface area contributed by atoms with E-state index in [0.717, 1.165) is 0 Å². The van der Waals surface area contributed by atoms with Crippen LogP contribution in [0.4, 0.5) is 0 Å². The topological polar surface area (TPSA) is 131 Å². The van der Waals surface area contributed by atoms with Crippen LogP contribution >= 0.6 is 0 Å². The van der Waals surface area contributed by atoms with E-state index in [0.29, 0.717) is 0 Å². The fourth-order valence-corrected chi connectivity index (χ4v) is 2.46. The molecule has 3 atom stereocenters. The molecule has 1 aliphatic rings. The smallest absolute Gasteiger partial charge is 0.200 e. The quantitative estimate of drug-likeness (QED) is 0.434. The zero-order valence-electron chi connectivity index (χ0n) is 11.2. The molecular weight excluding hydrogens is 292 g/mol. The first kappa shape index (κ1) is 14.3. The van der Waals surface area contributed by atoms with Crippen LogP contribution in [0.25, 0.3) is 0 Å². The van der Waals surface area contributed by atoms with Crippen LogP contribution in [0.3, 0.4) is 0 Å². The van der Waals surface area contributed by atoms with Crippen molar-refractivity contribution in [1.82, 2.24) is 0 Å². The van der Waals surface area contributed by atoms with Crippen LogP contribution in [0.15, 0.2) is 30.3 Å². The van der Waals surface area contributed by atoms with Gasteiger partial charge in [0.05, 0.1) is 0 Å². The second-order valence-electron chi connectivity index (χ2n) is 5.07. The molecule has 22 heavy (non-hydrogen) atoms. The summed E-state index contributed by atoms with van der Waals surface area (Å²) in [5, 5.41) is 58.6. The maximum atomic E-state index is 10.2. The molecular formula is C15H14O7. The molecule has 0 amide bonds. The summed E-state index contributed by atoms with van der Waals surface area (Å²) in [6.45, 7) is 0. The van der Waals surface area contributed by atoms with E-state index in [1.165, 1.54) is 30.3 Å². The van der Waals surface area contributed by atoms with Crippen LogP contribution in [-0.2, 0) is 0 Å². The summed E-state index contributed by atoms with van der Waals surface area (Å²) in [7, 11) is 0. The van der Waals surface area contributed by atoms with E-state index < -0.39 is 35.6 Å². The van der Waals surface area contributed by atoms with E-state index in [-0.39, 0.29) is 22.6 Å². The van der Waals surface area contributed by atoms with Gasteiger partial charge in [0.1, 0.15) is 12.2 Å². The number of phenols is 4. The van der Waals surface area contributed by atoms with Crippen molar-refractivity contribution in [3.63, 3.8) is 0 Å². The van der Waals surface area contributed by atoms with E-state index in [9.17, 15) is 30.6 Å². The number of aliphatic hydroxyl groups excluding tert-OH is 2. The molecule has 116 valence electrons.